The second kappa shape index (κ2) is 13.4. The highest BCUT2D eigenvalue weighted by molar-refractivity contribution is 6.31. The number of halogens is 1. The van der Waals surface area contributed by atoms with E-state index in [1.54, 1.807) is 0 Å². The number of likely N-dealkylation sites (N-methyl/N-ethyl adjacent to an activating group) is 1. The van der Waals surface area contributed by atoms with Crippen molar-refractivity contribution in [3.8, 4) is 0 Å². The van der Waals surface area contributed by atoms with Crippen molar-refractivity contribution in [2.24, 2.45) is 11.7 Å². The fourth-order valence-electron chi connectivity index (χ4n) is 5.40. The lowest BCUT2D eigenvalue weighted by atomic mass is 10.1. The molecule has 3 aliphatic rings. The van der Waals surface area contributed by atoms with E-state index in [-0.39, 0.29) is 5.91 Å². The van der Waals surface area contributed by atoms with Crippen molar-refractivity contribution < 1.29 is 9.59 Å². The van der Waals surface area contributed by atoms with Crippen LogP contribution in [0.15, 0.2) is 54.6 Å². The summed E-state index contributed by atoms with van der Waals surface area (Å²) >= 11 is 6.06. The Kier molecular flexibility index (Phi) is 9.97. The fraction of sp³-hybridized carbons (Fsp3) is 0.517. The highest BCUT2D eigenvalue weighted by Gasteiger charge is 2.30. The van der Waals surface area contributed by atoms with Gasteiger partial charge in [0.05, 0.1) is 0 Å². The number of hydrogen-bond donors (Lipinski definition) is 1. The molecule has 3 heterocycles. The van der Waals surface area contributed by atoms with Crippen LogP contribution in [0.5, 0.6) is 0 Å². The molecule has 7 nitrogen and oxygen atoms in total. The first-order valence-corrected chi connectivity index (χ1v) is 13.8. The number of hydrogen-bond acceptors (Lipinski definition) is 5. The Balaban J connectivity index is 0.000000180. The molecule has 0 radical (unpaired) electrons. The van der Waals surface area contributed by atoms with Crippen LogP contribution in [0.3, 0.4) is 0 Å². The van der Waals surface area contributed by atoms with Gasteiger partial charge in [-0.05, 0) is 43.1 Å². The maximum atomic E-state index is 11.9. The highest BCUT2D eigenvalue weighted by Crippen LogP contribution is 2.23. The number of carbonyl (C=O) groups excluding carboxylic acids is 2. The number of rotatable bonds is 7. The summed E-state index contributed by atoms with van der Waals surface area (Å²) in [4.78, 5) is 32.4. The number of nitrogens with two attached hydrogens (primary N) is 1. The maximum Gasteiger partial charge on any atom is 0.223 e. The molecule has 200 valence electrons. The molecule has 3 aliphatic heterocycles. The molecule has 5 rings (SSSR count). The van der Waals surface area contributed by atoms with Gasteiger partial charge in [-0.25, -0.2) is 0 Å². The molecule has 2 atom stereocenters. The molecule has 2 unspecified atom stereocenters. The summed E-state index contributed by atoms with van der Waals surface area (Å²) in [5, 5.41) is 0.714. The molecule has 3 fully saturated rings. The Morgan fingerprint density at radius 1 is 0.892 bits per heavy atom. The van der Waals surface area contributed by atoms with Crippen LogP contribution in [0, 0.1) is 5.92 Å². The van der Waals surface area contributed by atoms with Gasteiger partial charge in [0.15, 0.2) is 0 Å². The first-order valence-electron chi connectivity index (χ1n) is 13.4. The molecule has 0 bridgehead atoms. The standard InChI is InChI=1S/C17H25N3O.C12H15ClN2O/c1-18-10-11-19(12-15-6-3-2-4-7-15)16(13-18)14-20-9-5-8-17(20)21;13-11-4-2-1-3-10(11)8-15-7-9(6-14)5-12(15)16/h2-4,6-7,16H,5,8-14H2,1H3;1-4,9H,5-8,14H2. The average molecular weight is 526 g/mol. The van der Waals surface area contributed by atoms with E-state index in [0.29, 0.717) is 42.4 Å². The zero-order valence-corrected chi connectivity index (χ0v) is 22.7. The molecule has 3 saturated heterocycles. The first-order chi connectivity index (χ1) is 17.9. The third-order valence-electron chi connectivity index (χ3n) is 7.59. The average Bonchev–Trinajstić information content (AvgIpc) is 3.47. The SMILES string of the molecule is CN1CCN(Cc2ccccc2)C(CN2CCCC2=O)C1.NCC1CC(=O)N(Cc2ccccc2Cl)C1. The van der Waals surface area contributed by atoms with Crippen molar-refractivity contribution in [2.75, 3.05) is 52.9 Å². The Morgan fingerprint density at radius 3 is 2.32 bits per heavy atom. The minimum absolute atomic E-state index is 0.176. The number of carbonyl (C=O) groups is 2. The maximum absolute atomic E-state index is 11.9. The minimum Gasteiger partial charge on any atom is -0.341 e. The van der Waals surface area contributed by atoms with Gasteiger partial charge in [-0.1, -0.05) is 60.1 Å². The van der Waals surface area contributed by atoms with Gasteiger partial charge < -0.3 is 20.4 Å². The van der Waals surface area contributed by atoms with Gasteiger partial charge in [-0.2, -0.15) is 0 Å². The first kappa shape index (κ1) is 27.6. The zero-order chi connectivity index (χ0) is 26.2. The van der Waals surface area contributed by atoms with E-state index in [1.807, 2.05) is 29.2 Å². The summed E-state index contributed by atoms with van der Waals surface area (Å²) in [5.74, 6) is 0.813. The quantitative estimate of drug-likeness (QED) is 0.601. The monoisotopic (exact) mass is 525 g/mol. The van der Waals surface area contributed by atoms with E-state index in [0.717, 1.165) is 64.2 Å². The lowest BCUT2D eigenvalue weighted by molar-refractivity contribution is -0.129. The third-order valence-corrected chi connectivity index (χ3v) is 7.95. The van der Waals surface area contributed by atoms with E-state index in [1.165, 1.54) is 5.56 Å². The van der Waals surface area contributed by atoms with Crippen LogP contribution in [-0.2, 0) is 22.7 Å². The molecule has 0 aliphatic carbocycles. The molecule has 0 spiro atoms. The second-order valence-corrected chi connectivity index (χ2v) is 10.9. The van der Waals surface area contributed by atoms with Crippen molar-refractivity contribution in [1.29, 1.82) is 0 Å². The van der Waals surface area contributed by atoms with Crippen LogP contribution < -0.4 is 5.73 Å². The predicted molar refractivity (Wildman–Crippen MR) is 148 cm³/mol. The Bertz CT molecular complexity index is 1040. The lowest BCUT2D eigenvalue weighted by Gasteiger charge is -2.41. The number of benzene rings is 2. The molecular formula is C29H40ClN5O2. The molecule has 2 aromatic carbocycles. The van der Waals surface area contributed by atoms with Gasteiger partial charge in [0, 0.05) is 76.3 Å². The van der Waals surface area contributed by atoms with Crippen molar-refractivity contribution in [2.45, 2.75) is 38.4 Å². The highest BCUT2D eigenvalue weighted by atomic mass is 35.5. The zero-order valence-electron chi connectivity index (χ0n) is 21.9. The van der Waals surface area contributed by atoms with Crippen molar-refractivity contribution in [3.05, 3.63) is 70.7 Å². The molecule has 8 heteroatoms. The Labute approximate surface area is 226 Å². The topological polar surface area (TPSA) is 73.1 Å². The molecule has 2 aromatic rings. The minimum atomic E-state index is 0.176. The largest absolute Gasteiger partial charge is 0.341 e. The number of amides is 2. The molecule has 37 heavy (non-hydrogen) atoms. The van der Waals surface area contributed by atoms with Gasteiger partial charge in [-0.15, -0.1) is 0 Å². The number of likely N-dealkylation sites (tertiary alicyclic amines) is 2. The summed E-state index contributed by atoms with van der Waals surface area (Å²) in [6, 6.07) is 18.7. The fourth-order valence-corrected chi connectivity index (χ4v) is 5.59. The van der Waals surface area contributed by atoms with Crippen molar-refractivity contribution in [1.82, 2.24) is 19.6 Å². The van der Waals surface area contributed by atoms with E-state index >= 15 is 0 Å². The summed E-state index contributed by atoms with van der Waals surface area (Å²) in [7, 11) is 2.18. The van der Waals surface area contributed by atoms with E-state index in [2.05, 4.69) is 52.1 Å². The summed E-state index contributed by atoms with van der Waals surface area (Å²) in [6.07, 6.45) is 2.34. The van der Waals surface area contributed by atoms with Crippen LogP contribution in [0.25, 0.3) is 0 Å². The van der Waals surface area contributed by atoms with Gasteiger partial charge in [0.1, 0.15) is 0 Å². The second-order valence-electron chi connectivity index (χ2n) is 10.5. The molecule has 2 N–H and O–H groups in total. The van der Waals surface area contributed by atoms with Crippen LogP contribution in [0.2, 0.25) is 5.02 Å². The molecule has 0 aromatic heterocycles. The number of piperazine rings is 1. The van der Waals surface area contributed by atoms with E-state index in [9.17, 15) is 9.59 Å². The predicted octanol–water partition coefficient (Wildman–Crippen LogP) is 3.07. The summed E-state index contributed by atoms with van der Waals surface area (Å²) < 4.78 is 0. The third kappa shape index (κ3) is 7.77. The van der Waals surface area contributed by atoms with Gasteiger partial charge in [0.25, 0.3) is 0 Å². The lowest BCUT2D eigenvalue weighted by Crippen LogP contribution is -2.55. The van der Waals surface area contributed by atoms with E-state index in [4.69, 9.17) is 17.3 Å². The van der Waals surface area contributed by atoms with Gasteiger partial charge in [-0.3, -0.25) is 14.5 Å². The van der Waals surface area contributed by atoms with Crippen LogP contribution >= 0.6 is 11.6 Å². The van der Waals surface area contributed by atoms with Gasteiger partial charge >= 0.3 is 0 Å². The normalized spacial score (nSPS) is 22.9. The Hall–Kier alpha value is -2.45. The van der Waals surface area contributed by atoms with Crippen molar-refractivity contribution in [3.63, 3.8) is 0 Å². The number of nitrogens with zero attached hydrogens (tertiary/aromatic N) is 4. The van der Waals surface area contributed by atoms with Gasteiger partial charge in [0.2, 0.25) is 11.8 Å². The van der Waals surface area contributed by atoms with Crippen LogP contribution in [-0.4, -0.2) is 90.3 Å². The summed E-state index contributed by atoms with van der Waals surface area (Å²) in [5.41, 5.74) is 7.93. The summed E-state index contributed by atoms with van der Waals surface area (Å²) in [6.45, 7) is 7.97. The van der Waals surface area contributed by atoms with E-state index < -0.39 is 0 Å². The van der Waals surface area contributed by atoms with Crippen LogP contribution in [0.4, 0.5) is 0 Å². The molecule has 0 saturated carbocycles. The smallest absolute Gasteiger partial charge is 0.223 e. The molecule has 2 amide bonds. The van der Waals surface area contributed by atoms with Crippen molar-refractivity contribution >= 4 is 23.4 Å². The van der Waals surface area contributed by atoms with Crippen LogP contribution in [0.1, 0.15) is 30.4 Å². The Morgan fingerprint density at radius 2 is 1.65 bits per heavy atom. The molecular weight excluding hydrogens is 486 g/mol.